The summed E-state index contributed by atoms with van der Waals surface area (Å²) in [6, 6.07) is 11.8. The number of phenolic OH excluding ortho intramolecular Hbond substituents is 1. The van der Waals surface area contributed by atoms with E-state index in [2.05, 4.69) is 0 Å². The van der Waals surface area contributed by atoms with Crippen molar-refractivity contribution in [3.63, 3.8) is 0 Å². The lowest BCUT2D eigenvalue weighted by Gasteiger charge is -2.18. The summed E-state index contributed by atoms with van der Waals surface area (Å²) in [6.45, 7) is 0. The van der Waals surface area contributed by atoms with E-state index in [1.165, 1.54) is 23.8 Å². The SMILES string of the molecule is COc1ccc(N2C(=O)C(=Cc3ccc(O)cc3)SC2=S)c(OC)c1. The van der Waals surface area contributed by atoms with Crippen LogP contribution in [0, 0.1) is 0 Å². The number of aromatic hydroxyl groups is 1. The van der Waals surface area contributed by atoms with Crippen molar-refractivity contribution in [1.29, 1.82) is 0 Å². The summed E-state index contributed by atoms with van der Waals surface area (Å²) in [5.74, 6) is 1.09. The fourth-order valence-corrected chi connectivity index (χ4v) is 3.65. The molecule has 1 fully saturated rings. The van der Waals surface area contributed by atoms with Gasteiger partial charge in [0, 0.05) is 6.07 Å². The fraction of sp³-hybridized carbons (Fsp3) is 0.111. The number of rotatable bonds is 4. The van der Waals surface area contributed by atoms with Crippen molar-refractivity contribution in [3.8, 4) is 17.2 Å². The van der Waals surface area contributed by atoms with Crippen LogP contribution in [0.3, 0.4) is 0 Å². The number of phenols is 1. The van der Waals surface area contributed by atoms with Gasteiger partial charge in [0.05, 0.1) is 24.8 Å². The van der Waals surface area contributed by atoms with Gasteiger partial charge in [0.15, 0.2) is 4.32 Å². The number of anilines is 1. The number of hydrogen-bond donors (Lipinski definition) is 1. The lowest BCUT2D eigenvalue weighted by atomic mass is 10.2. The van der Waals surface area contributed by atoms with Gasteiger partial charge < -0.3 is 14.6 Å². The number of methoxy groups -OCH3 is 2. The lowest BCUT2D eigenvalue weighted by molar-refractivity contribution is -0.113. The Morgan fingerprint density at radius 3 is 2.48 bits per heavy atom. The molecule has 1 heterocycles. The predicted molar refractivity (Wildman–Crippen MR) is 103 cm³/mol. The first kappa shape index (κ1) is 17.3. The Balaban J connectivity index is 1.95. The summed E-state index contributed by atoms with van der Waals surface area (Å²) < 4.78 is 11.0. The average Bonchev–Trinajstić information content (AvgIpc) is 2.90. The van der Waals surface area contributed by atoms with E-state index >= 15 is 0 Å². The Kier molecular flexibility index (Phi) is 4.96. The largest absolute Gasteiger partial charge is 0.508 e. The molecule has 25 heavy (non-hydrogen) atoms. The lowest BCUT2D eigenvalue weighted by Crippen LogP contribution is -2.27. The second-order valence-electron chi connectivity index (χ2n) is 5.15. The van der Waals surface area contributed by atoms with E-state index in [1.807, 2.05) is 0 Å². The molecule has 0 bridgehead atoms. The highest BCUT2D eigenvalue weighted by Crippen LogP contribution is 2.41. The maximum absolute atomic E-state index is 12.8. The van der Waals surface area contributed by atoms with E-state index in [-0.39, 0.29) is 11.7 Å². The molecule has 7 heteroatoms. The molecule has 0 aliphatic carbocycles. The van der Waals surface area contributed by atoms with E-state index in [0.717, 1.165) is 5.56 Å². The number of hydrogen-bond acceptors (Lipinski definition) is 6. The standard InChI is InChI=1S/C18H15NO4S2/c1-22-13-7-8-14(15(10-13)23-2)19-17(21)16(25-18(19)24)9-11-3-5-12(20)6-4-11/h3-10,20H,1-2H3. The minimum atomic E-state index is -0.216. The molecular formula is C18H15NO4S2. The molecule has 0 unspecified atom stereocenters. The fourth-order valence-electron chi connectivity index (χ4n) is 2.37. The third-order valence-electron chi connectivity index (χ3n) is 3.61. The van der Waals surface area contributed by atoms with Crippen LogP contribution in [0.1, 0.15) is 5.56 Å². The molecule has 0 spiro atoms. The first-order valence-corrected chi connectivity index (χ1v) is 8.55. The van der Waals surface area contributed by atoms with Gasteiger partial charge in [-0.3, -0.25) is 9.69 Å². The third-order valence-corrected chi connectivity index (χ3v) is 4.91. The molecule has 5 nitrogen and oxygen atoms in total. The van der Waals surface area contributed by atoms with Gasteiger partial charge in [-0.1, -0.05) is 36.1 Å². The summed E-state index contributed by atoms with van der Waals surface area (Å²) in [5, 5.41) is 9.36. The van der Waals surface area contributed by atoms with E-state index in [4.69, 9.17) is 21.7 Å². The van der Waals surface area contributed by atoms with Gasteiger partial charge in [-0.15, -0.1) is 0 Å². The van der Waals surface area contributed by atoms with E-state index < -0.39 is 0 Å². The van der Waals surface area contributed by atoms with Crippen LogP contribution in [0.25, 0.3) is 6.08 Å². The number of carbonyl (C=O) groups excluding carboxylic acids is 1. The maximum Gasteiger partial charge on any atom is 0.270 e. The van der Waals surface area contributed by atoms with Crippen LogP contribution in [0.15, 0.2) is 47.4 Å². The van der Waals surface area contributed by atoms with Crippen LogP contribution in [-0.4, -0.2) is 29.6 Å². The van der Waals surface area contributed by atoms with Gasteiger partial charge in [0.1, 0.15) is 17.2 Å². The molecule has 1 aliphatic heterocycles. The van der Waals surface area contributed by atoms with Crippen LogP contribution in [0.2, 0.25) is 0 Å². The first-order valence-electron chi connectivity index (χ1n) is 7.32. The molecule has 0 aromatic heterocycles. The normalized spacial score (nSPS) is 15.8. The highest BCUT2D eigenvalue weighted by atomic mass is 32.2. The Bertz CT molecular complexity index is 862. The zero-order chi connectivity index (χ0) is 18.0. The van der Waals surface area contributed by atoms with E-state index in [9.17, 15) is 9.90 Å². The molecule has 0 saturated carbocycles. The number of thiocarbonyl (C=S) groups is 1. The minimum Gasteiger partial charge on any atom is -0.508 e. The van der Waals surface area contributed by atoms with Gasteiger partial charge >= 0.3 is 0 Å². The van der Waals surface area contributed by atoms with Crippen molar-refractivity contribution in [2.75, 3.05) is 19.1 Å². The predicted octanol–water partition coefficient (Wildman–Crippen LogP) is 3.82. The number of benzene rings is 2. The molecule has 2 aromatic carbocycles. The second kappa shape index (κ2) is 7.16. The molecule has 1 saturated heterocycles. The Hall–Kier alpha value is -2.51. The molecule has 1 N–H and O–H groups in total. The number of amides is 1. The molecule has 0 atom stereocenters. The van der Waals surface area contributed by atoms with Gasteiger partial charge in [-0.25, -0.2) is 0 Å². The first-order chi connectivity index (χ1) is 12.0. The maximum atomic E-state index is 12.8. The van der Waals surface area contributed by atoms with Crippen LogP contribution >= 0.6 is 24.0 Å². The van der Waals surface area contributed by atoms with Crippen molar-refractivity contribution in [1.82, 2.24) is 0 Å². The van der Waals surface area contributed by atoms with Gasteiger partial charge in [-0.2, -0.15) is 0 Å². The molecular weight excluding hydrogens is 358 g/mol. The van der Waals surface area contributed by atoms with Crippen LogP contribution in [0.5, 0.6) is 17.2 Å². The van der Waals surface area contributed by atoms with E-state index in [1.54, 1.807) is 55.7 Å². The molecule has 3 rings (SSSR count). The van der Waals surface area contributed by atoms with Crippen LogP contribution < -0.4 is 14.4 Å². The van der Waals surface area contributed by atoms with E-state index in [0.29, 0.717) is 26.4 Å². The van der Waals surface area contributed by atoms with Crippen molar-refractivity contribution in [2.24, 2.45) is 0 Å². The van der Waals surface area contributed by atoms with Gasteiger partial charge in [0.2, 0.25) is 0 Å². The number of ether oxygens (including phenoxy) is 2. The molecule has 2 aromatic rings. The third kappa shape index (κ3) is 3.47. The number of thioether (sulfide) groups is 1. The zero-order valence-electron chi connectivity index (χ0n) is 13.6. The summed E-state index contributed by atoms with van der Waals surface area (Å²) in [5.41, 5.74) is 1.37. The monoisotopic (exact) mass is 373 g/mol. The minimum absolute atomic E-state index is 0.174. The second-order valence-corrected chi connectivity index (χ2v) is 6.82. The summed E-state index contributed by atoms with van der Waals surface area (Å²) in [7, 11) is 3.09. The summed E-state index contributed by atoms with van der Waals surface area (Å²) in [4.78, 5) is 14.8. The van der Waals surface area contributed by atoms with Crippen molar-refractivity contribution < 1.29 is 19.4 Å². The molecule has 0 radical (unpaired) electrons. The van der Waals surface area contributed by atoms with Crippen molar-refractivity contribution >= 4 is 46.0 Å². The average molecular weight is 373 g/mol. The Morgan fingerprint density at radius 1 is 1.12 bits per heavy atom. The Labute approximate surface area is 154 Å². The van der Waals surface area contributed by atoms with Gasteiger partial charge in [-0.05, 0) is 35.9 Å². The van der Waals surface area contributed by atoms with Crippen LogP contribution in [0.4, 0.5) is 5.69 Å². The molecule has 1 amide bonds. The number of carbonyl (C=O) groups is 1. The highest BCUT2D eigenvalue weighted by molar-refractivity contribution is 8.27. The quantitative estimate of drug-likeness (QED) is 0.650. The summed E-state index contributed by atoms with van der Waals surface area (Å²) in [6.07, 6.45) is 1.74. The topological polar surface area (TPSA) is 59.0 Å². The van der Waals surface area contributed by atoms with Crippen molar-refractivity contribution in [3.05, 3.63) is 52.9 Å². The van der Waals surface area contributed by atoms with Gasteiger partial charge in [0.25, 0.3) is 5.91 Å². The summed E-state index contributed by atoms with van der Waals surface area (Å²) >= 11 is 6.61. The number of nitrogens with zero attached hydrogens (tertiary/aromatic N) is 1. The van der Waals surface area contributed by atoms with Crippen molar-refractivity contribution in [2.45, 2.75) is 0 Å². The highest BCUT2D eigenvalue weighted by Gasteiger charge is 2.35. The van der Waals surface area contributed by atoms with Crippen LogP contribution in [-0.2, 0) is 4.79 Å². The Morgan fingerprint density at radius 2 is 1.84 bits per heavy atom. The molecule has 1 aliphatic rings. The smallest absolute Gasteiger partial charge is 0.270 e. The zero-order valence-corrected chi connectivity index (χ0v) is 15.2. The molecule has 128 valence electrons.